The molecule has 0 bridgehead atoms. The van der Waals surface area contributed by atoms with Gasteiger partial charge < -0.3 is 10.2 Å². The predicted molar refractivity (Wildman–Crippen MR) is 114 cm³/mol. The zero-order chi connectivity index (χ0) is 21.0. The topological polar surface area (TPSA) is 79.4 Å². The minimum atomic E-state index is -2.98. The number of carbonyl (C=O) groups excluding carboxylic acids is 1. The van der Waals surface area contributed by atoms with Crippen LogP contribution in [-0.4, -0.2) is 49.7 Å². The van der Waals surface area contributed by atoms with E-state index in [2.05, 4.69) is 10.3 Å². The molecule has 1 N–H and O–H groups in total. The highest BCUT2D eigenvalue weighted by Gasteiger charge is 2.25. The third-order valence-corrected chi connectivity index (χ3v) is 7.16. The van der Waals surface area contributed by atoms with E-state index >= 15 is 0 Å². The van der Waals surface area contributed by atoms with Gasteiger partial charge in [-0.1, -0.05) is 19.1 Å². The number of halogens is 1. The first-order valence-electron chi connectivity index (χ1n) is 9.41. The van der Waals surface area contributed by atoms with Crippen molar-refractivity contribution in [1.29, 1.82) is 0 Å². The van der Waals surface area contributed by atoms with E-state index in [1.54, 1.807) is 12.1 Å². The summed E-state index contributed by atoms with van der Waals surface area (Å²) in [5, 5.41) is 3.46. The molecule has 156 valence electrons. The highest BCUT2D eigenvalue weighted by Crippen LogP contribution is 2.28. The predicted octanol–water partition coefficient (Wildman–Crippen LogP) is 2.81. The molecular weight excluding hydrogens is 413 g/mol. The number of nitrogens with one attached hydrogen (secondary N) is 1. The molecule has 0 spiro atoms. The molecule has 6 nitrogen and oxygen atoms in total. The third-order valence-electron chi connectivity index (χ3n) is 4.69. The number of benzene rings is 1. The number of sulfone groups is 1. The van der Waals surface area contributed by atoms with E-state index in [1.165, 1.54) is 23.9 Å². The van der Waals surface area contributed by atoms with Gasteiger partial charge in [0.1, 0.15) is 16.7 Å². The fraction of sp³-hybridized carbons (Fsp3) is 0.400. The van der Waals surface area contributed by atoms with Crippen molar-refractivity contribution in [2.45, 2.75) is 25.4 Å². The molecule has 0 radical (unpaired) electrons. The number of hydrogen-bond donors (Lipinski definition) is 1. The number of pyridine rings is 1. The molecule has 9 heteroatoms. The molecule has 1 amide bonds. The molecule has 0 saturated carbocycles. The van der Waals surface area contributed by atoms with Gasteiger partial charge in [0, 0.05) is 19.6 Å². The Morgan fingerprint density at radius 2 is 2.00 bits per heavy atom. The Morgan fingerprint density at radius 1 is 1.28 bits per heavy atom. The molecule has 1 aromatic heterocycles. The van der Waals surface area contributed by atoms with Crippen molar-refractivity contribution in [2.24, 2.45) is 0 Å². The zero-order valence-corrected chi connectivity index (χ0v) is 18.1. The van der Waals surface area contributed by atoms with Crippen LogP contribution in [0.4, 0.5) is 10.2 Å². The summed E-state index contributed by atoms with van der Waals surface area (Å²) in [6.07, 6.45) is 0. The quantitative estimate of drug-likeness (QED) is 0.700. The van der Waals surface area contributed by atoms with Crippen LogP contribution in [0, 0.1) is 12.7 Å². The minimum Gasteiger partial charge on any atom is -0.355 e. The highest BCUT2D eigenvalue weighted by molar-refractivity contribution is 7.99. The normalized spacial score (nSPS) is 15.9. The molecule has 2 aromatic rings. The van der Waals surface area contributed by atoms with Gasteiger partial charge in [-0.2, -0.15) is 0 Å². The summed E-state index contributed by atoms with van der Waals surface area (Å²) in [7, 11) is -2.98. The van der Waals surface area contributed by atoms with Crippen LogP contribution in [0.25, 0.3) is 0 Å². The van der Waals surface area contributed by atoms with Gasteiger partial charge >= 0.3 is 0 Å². The monoisotopic (exact) mass is 437 g/mol. The number of rotatable bonds is 6. The zero-order valence-electron chi connectivity index (χ0n) is 16.4. The van der Waals surface area contributed by atoms with Crippen LogP contribution in [0.3, 0.4) is 0 Å². The van der Waals surface area contributed by atoms with E-state index < -0.39 is 9.84 Å². The van der Waals surface area contributed by atoms with Gasteiger partial charge in [0.25, 0.3) is 5.91 Å². The smallest absolute Gasteiger partial charge is 0.254 e. The second-order valence-corrected chi connectivity index (χ2v) is 10.4. The summed E-state index contributed by atoms with van der Waals surface area (Å²) in [5.41, 5.74) is 1.96. The molecule has 29 heavy (non-hydrogen) atoms. The lowest BCUT2D eigenvalue weighted by Gasteiger charge is -2.28. The number of carbonyl (C=O) groups is 1. The van der Waals surface area contributed by atoms with Crippen LogP contribution in [-0.2, 0) is 16.4 Å². The Morgan fingerprint density at radius 3 is 2.66 bits per heavy atom. The number of hydrogen-bond acceptors (Lipinski definition) is 6. The number of anilines is 1. The summed E-state index contributed by atoms with van der Waals surface area (Å²) in [6, 6.07) is 7.94. The SMILES string of the molecule is CCSc1nc(N2CCS(=O)(=O)CC2)cc(C)c1C(=O)NCc1cccc(F)c1. The molecular formula is C20H24FN3O3S2. The molecule has 2 heterocycles. The molecule has 1 saturated heterocycles. The van der Waals surface area contributed by atoms with Gasteiger partial charge in [0.2, 0.25) is 0 Å². The van der Waals surface area contributed by atoms with Gasteiger partial charge in [-0.25, -0.2) is 17.8 Å². The summed E-state index contributed by atoms with van der Waals surface area (Å²) >= 11 is 1.47. The van der Waals surface area contributed by atoms with Gasteiger partial charge in [0.15, 0.2) is 9.84 Å². The molecule has 0 atom stereocenters. The summed E-state index contributed by atoms with van der Waals surface area (Å²) in [6.45, 7) is 4.85. The number of thioether (sulfide) groups is 1. The fourth-order valence-corrected chi connectivity index (χ4v) is 5.20. The third kappa shape index (κ3) is 5.48. The average molecular weight is 438 g/mol. The molecule has 0 aliphatic carbocycles. The van der Waals surface area contributed by atoms with Crippen LogP contribution in [0.5, 0.6) is 0 Å². The van der Waals surface area contributed by atoms with Crippen molar-refractivity contribution < 1.29 is 17.6 Å². The molecule has 1 aliphatic heterocycles. The minimum absolute atomic E-state index is 0.111. The van der Waals surface area contributed by atoms with E-state index in [4.69, 9.17) is 0 Å². The maximum atomic E-state index is 13.3. The van der Waals surface area contributed by atoms with Gasteiger partial charge in [0.05, 0.1) is 17.1 Å². The Labute approximate surface area is 174 Å². The van der Waals surface area contributed by atoms with Crippen LogP contribution >= 0.6 is 11.8 Å². The van der Waals surface area contributed by atoms with Crippen LogP contribution in [0.1, 0.15) is 28.4 Å². The summed E-state index contributed by atoms with van der Waals surface area (Å²) in [4.78, 5) is 19.4. The molecule has 0 unspecified atom stereocenters. The van der Waals surface area contributed by atoms with Crippen molar-refractivity contribution in [3.63, 3.8) is 0 Å². The fourth-order valence-electron chi connectivity index (χ4n) is 3.17. The van der Waals surface area contributed by atoms with E-state index in [9.17, 15) is 17.6 Å². The maximum Gasteiger partial charge on any atom is 0.254 e. The molecule has 3 rings (SSSR count). The Kier molecular flexibility index (Phi) is 6.79. The van der Waals surface area contributed by atoms with Crippen molar-refractivity contribution in [3.05, 3.63) is 52.8 Å². The highest BCUT2D eigenvalue weighted by atomic mass is 32.2. The molecule has 1 fully saturated rings. The molecule has 1 aromatic carbocycles. The standard InChI is InChI=1S/C20H24FN3O3S2/c1-3-28-20-18(19(25)22-13-15-5-4-6-16(21)12-15)14(2)11-17(23-20)24-7-9-29(26,27)10-8-24/h4-6,11-12H,3,7-10,13H2,1-2H3,(H,22,25). The number of amides is 1. The number of nitrogens with zero attached hydrogens (tertiary/aromatic N) is 2. The lowest BCUT2D eigenvalue weighted by atomic mass is 10.1. The maximum absolute atomic E-state index is 13.3. The lowest BCUT2D eigenvalue weighted by molar-refractivity contribution is 0.0946. The Bertz CT molecular complexity index is 998. The summed E-state index contributed by atoms with van der Waals surface area (Å²) in [5.74, 6) is 1.05. The van der Waals surface area contributed by atoms with Crippen molar-refractivity contribution in [2.75, 3.05) is 35.2 Å². The largest absolute Gasteiger partial charge is 0.355 e. The van der Waals surface area contributed by atoms with Crippen LogP contribution in [0.2, 0.25) is 0 Å². The van der Waals surface area contributed by atoms with E-state index in [0.717, 1.165) is 11.3 Å². The Balaban J connectivity index is 1.81. The summed E-state index contributed by atoms with van der Waals surface area (Å²) < 4.78 is 36.7. The van der Waals surface area contributed by atoms with Crippen molar-refractivity contribution >= 4 is 33.3 Å². The second-order valence-electron chi connectivity index (χ2n) is 6.86. The van der Waals surface area contributed by atoms with Crippen molar-refractivity contribution in [3.8, 4) is 0 Å². The van der Waals surface area contributed by atoms with Gasteiger partial charge in [-0.05, 0) is 42.0 Å². The van der Waals surface area contributed by atoms with E-state index in [0.29, 0.717) is 35.1 Å². The first-order valence-corrected chi connectivity index (χ1v) is 12.2. The lowest BCUT2D eigenvalue weighted by Crippen LogP contribution is -2.40. The number of aryl methyl sites for hydroxylation is 1. The van der Waals surface area contributed by atoms with E-state index in [-0.39, 0.29) is 29.8 Å². The first kappa shape index (κ1) is 21.6. The average Bonchev–Trinajstić information content (AvgIpc) is 2.66. The van der Waals surface area contributed by atoms with Gasteiger partial charge in [-0.15, -0.1) is 11.8 Å². The van der Waals surface area contributed by atoms with Crippen LogP contribution < -0.4 is 10.2 Å². The molecule has 1 aliphatic rings. The van der Waals surface area contributed by atoms with Crippen LogP contribution in [0.15, 0.2) is 35.4 Å². The number of aromatic nitrogens is 1. The second kappa shape index (κ2) is 9.13. The van der Waals surface area contributed by atoms with E-state index in [1.807, 2.05) is 24.8 Å². The first-order chi connectivity index (χ1) is 13.8. The van der Waals surface area contributed by atoms with Crippen molar-refractivity contribution in [1.82, 2.24) is 10.3 Å². The van der Waals surface area contributed by atoms with Gasteiger partial charge in [-0.3, -0.25) is 4.79 Å². The Hall–Kier alpha value is -2.13.